The number of esters is 1. The number of rotatable bonds is 4. The van der Waals surface area contributed by atoms with Gasteiger partial charge in [0.1, 0.15) is 16.9 Å². The van der Waals surface area contributed by atoms with E-state index in [9.17, 15) is 14.4 Å². The average Bonchev–Trinajstić information content (AvgIpc) is 3.04. The molecule has 31 heavy (non-hydrogen) atoms. The Morgan fingerprint density at radius 3 is 2.71 bits per heavy atom. The second-order valence-electron chi connectivity index (χ2n) is 8.09. The number of anilines is 1. The molecule has 3 aromatic rings. The summed E-state index contributed by atoms with van der Waals surface area (Å²) in [5, 5.41) is 3.33. The van der Waals surface area contributed by atoms with Gasteiger partial charge in [0.05, 0.1) is 24.2 Å². The van der Waals surface area contributed by atoms with Crippen molar-refractivity contribution in [2.45, 2.75) is 39.7 Å². The fraction of sp³-hybridized carbons (Fsp3) is 0.292. The second kappa shape index (κ2) is 7.58. The Labute approximate surface area is 179 Å². The highest BCUT2D eigenvalue weighted by molar-refractivity contribution is 6.14. The molecule has 4 rings (SSSR count). The summed E-state index contributed by atoms with van der Waals surface area (Å²) in [4.78, 5) is 37.7. The normalized spacial score (nSPS) is 14.6. The molecule has 0 atom stereocenters. The van der Waals surface area contributed by atoms with Crippen LogP contribution < -0.4 is 10.1 Å². The van der Waals surface area contributed by atoms with Crippen LogP contribution in [0.25, 0.3) is 11.0 Å². The Bertz CT molecular complexity index is 1220. The van der Waals surface area contributed by atoms with Crippen LogP contribution in [0.5, 0.6) is 5.75 Å². The second-order valence-corrected chi connectivity index (χ2v) is 8.09. The maximum Gasteiger partial charge on any atom is 0.338 e. The lowest BCUT2D eigenvalue weighted by atomic mass is 9.90. The maximum absolute atomic E-state index is 12.9. The zero-order valence-electron chi connectivity index (χ0n) is 17.8. The topological polar surface area (TPSA) is 94.8 Å². The molecule has 1 N–H and O–H groups in total. The van der Waals surface area contributed by atoms with E-state index in [-0.39, 0.29) is 24.6 Å². The van der Waals surface area contributed by atoms with Gasteiger partial charge in [0.15, 0.2) is 11.5 Å². The van der Waals surface area contributed by atoms with Crippen LogP contribution in [0.2, 0.25) is 0 Å². The predicted molar refractivity (Wildman–Crippen MR) is 115 cm³/mol. The van der Waals surface area contributed by atoms with Gasteiger partial charge in [0.2, 0.25) is 0 Å². The van der Waals surface area contributed by atoms with Gasteiger partial charge in [-0.25, -0.2) is 4.79 Å². The van der Waals surface area contributed by atoms with Crippen LogP contribution in [0.1, 0.15) is 64.0 Å². The van der Waals surface area contributed by atoms with E-state index in [0.29, 0.717) is 39.1 Å². The third-order valence-corrected chi connectivity index (χ3v) is 5.15. The third kappa shape index (κ3) is 3.79. The number of carbonyl (C=O) groups is 3. The first-order chi connectivity index (χ1) is 14.7. The van der Waals surface area contributed by atoms with E-state index >= 15 is 0 Å². The minimum atomic E-state index is -0.584. The van der Waals surface area contributed by atoms with Gasteiger partial charge in [0.25, 0.3) is 5.91 Å². The highest BCUT2D eigenvalue weighted by atomic mass is 16.5. The largest absolute Gasteiger partial charge is 0.487 e. The first kappa shape index (κ1) is 20.7. The Hall–Kier alpha value is -3.61. The number of carbonyl (C=O) groups excluding carboxylic acids is 3. The van der Waals surface area contributed by atoms with Crippen LogP contribution >= 0.6 is 0 Å². The number of furan rings is 1. The summed E-state index contributed by atoms with van der Waals surface area (Å²) in [5.74, 6) is -0.399. The van der Waals surface area contributed by atoms with Gasteiger partial charge < -0.3 is 19.2 Å². The molecule has 2 heterocycles. The molecule has 1 aromatic heterocycles. The molecule has 7 heteroatoms. The minimum absolute atomic E-state index is 0.0464. The standard InChI is InChI=1S/C24H23NO6/c1-5-29-23(28)14-7-6-8-15(11-14)25-22(27)21-13(2)19-17(30-21)9-10-18-20(19)16(26)12-24(3,4)31-18/h6-11H,5,12H2,1-4H3,(H,25,27). The smallest absolute Gasteiger partial charge is 0.338 e. The van der Waals surface area contributed by atoms with E-state index in [1.165, 1.54) is 6.07 Å². The summed E-state index contributed by atoms with van der Waals surface area (Å²) >= 11 is 0. The Morgan fingerprint density at radius 2 is 1.97 bits per heavy atom. The maximum atomic E-state index is 12.9. The van der Waals surface area contributed by atoms with Gasteiger partial charge in [0, 0.05) is 16.6 Å². The van der Waals surface area contributed by atoms with Crippen LogP contribution in [0.3, 0.4) is 0 Å². The molecule has 0 saturated heterocycles. The Balaban J connectivity index is 1.68. The highest BCUT2D eigenvalue weighted by Crippen LogP contribution is 2.40. The number of ether oxygens (including phenoxy) is 2. The lowest BCUT2D eigenvalue weighted by Crippen LogP contribution is -2.35. The SMILES string of the molecule is CCOC(=O)c1cccc(NC(=O)c2oc3ccc4c(c3c2C)C(=O)CC(C)(C)O4)c1. The van der Waals surface area contributed by atoms with Crippen LogP contribution in [0.15, 0.2) is 40.8 Å². The van der Waals surface area contributed by atoms with Crippen molar-refractivity contribution in [2.75, 3.05) is 11.9 Å². The number of aryl methyl sites for hydroxylation is 1. The Kier molecular flexibility index (Phi) is 5.05. The fourth-order valence-corrected chi connectivity index (χ4v) is 3.84. The molecule has 0 aliphatic carbocycles. The lowest BCUT2D eigenvalue weighted by Gasteiger charge is -2.31. The van der Waals surface area contributed by atoms with Crippen molar-refractivity contribution in [2.24, 2.45) is 0 Å². The van der Waals surface area contributed by atoms with Gasteiger partial charge in [-0.1, -0.05) is 6.07 Å². The van der Waals surface area contributed by atoms with Gasteiger partial charge in [-0.15, -0.1) is 0 Å². The van der Waals surface area contributed by atoms with Crippen molar-refractivity contribution in [1.29, 1.82) is 0 Å². The van der Waals surface area contributed by atoms with E-state index in [2.05, 4.69) is 5.32 Å². The van der Waals surface area contributed by atoms with E-state index in [1.54, 1.807) is 44.2 Å². The van der Waals surface area contributed by atoms with Crippen LogP contribution in [-0.2, 0) is 4.74 Å². The number of amides is 1. The fourth-order valence-electron chi connectivity index (χ4n) is 3.84. The third-order valence-electron chi connectivity index (χ3n) is 5.15. The van der Waals surface area contributed by atoms with E-state index in [0.717, 1.165) is 0 Å². The molecule has 0 spiro atoms. The molecule has 0 unspecified atom stereocenters. The quantitative estimate of drug-likeness (QED) is 0.601. The van der Waals surface area contributed by atoms with E-state index < -0.39 is 17.5 Å². The zero-order chi connectivity index (χ0) is 22.3. The van der Waals surface area contributed by atoms with Gasteiger partial charge in [-0.3, -0.25) is 9.59 Å². The summed E-state index contributed by atoms with van der Waals surface area (Å²) in [6, 6.07) is 9.87. The molecule has 0 bridgehead atoms. The predicted octanol–water partition coefficient (Wildman–Crippen LogP) is 4.91. The molecule has 1 aliphatic rings. The number of hydrogen-bond donors (Lipinski definition) is 1. The molecule has 0 fully saturated rings. The van der Waals surface area contributed by atoms with Crippen molar-refractivity contribution in [3.8, 4) is 5.75 Å². The van der Waals surface area contributed by atoms with Crippen LogP contribution in [0, 0.1) is 6.92 Å². The highest BCUT2D eigenvalue weighted by Gasteiger charge is 2.35. The van der Waals surface area contributed by atoms with Gasteiger partial charge in [-0.2, -0.15) is 0 Å². The van der Waals surface area contributed by atoms with Gasteiger partial charge in [-0.05, 0) is 58.0 Å². The molecule has 1 amide bonds. The van der Waals surface area contributed by atoms with Crippen molar-refractivity contribution >= 4 is 34.3 Å². The summed E-state index contributed by atoms with van der Waals surface area (Å²) in [6.07, 6.45) is 0.242. The van der Waals surface area contributed by atoms with Crippen LogP contribution in [-0.4, -0.2) is 29.9 Å². The summed E-state index contributed by atoms with van der Waals surface area (Å²) in [5.41, 5.74) is 1.63. The van der Waals surface area contributed by atoms with Gasteiger partial charge >= 0.3 is 5.97 Å². The van der Waals surface area contributed by atoms with Crippen molar-refractivity contribution < 1.29 is 28.3 Å². The number of benzene rings is 2. The van der Waals surface area contributed by atoms with Crippen molar-refractivity contribution in [3.63, 3.8) is 0 Å². The first-order valence-corrected chi connectivity index (χ1v) is 10.1. The molecular weight excluding hydrogens is 398 g/mol. The number of nitrogens with one attached hydrogen (secondary N) is 1. The molecule has 2 aromatic carbocycles. The lowest BCUT2D eigenvalue weighted by molar-refractivity contribution is 0.0525. The average molecular weight is 421 g/mol. The minimum Gasteiger partial charge on any atom is -0.487 e. The molecule has 0 saturated carbocycles. The van der Waals surface area contributed by atoms with E-state index in [4.69, 9.17) is 13.9 Å². The summed E-state index contributed by atoms with van der Waals surface area (Å²) in [6.45, 7) is 7.46. The van der Waals surface area contributed by atoms with Crippen molar-refractivity contribution in [1.82, 2.24) is 0 Å². The summed E-state index contributed by atoms with van der Waals surface area (Å²) < 4.78 is 16.8. The monoisotopic (exact) mass is 421 g/mol. The number of hydrogen-bond acceptors (Lipinski definition) is 6. The number of Topliss-reactive ketones (excluding diaryl/α,β-unsaturated/α-hetero) is 1. The van der Waals surface area contributed by atoms with E-state index in [1.807, 2.05) is 13.8 Å². The molecule has 7 nitrogen and oxygen atoms in total. The van der Waals surface area contributed by atoms with Crippen LogP contribution in [0.4, 0.5) is 5.69 Å². The van der Waals surface area contributed by atoms with Crippen molar-refractivity contribution in [3.05, 3.63) is 58.8 Å². The number of ketones is 1. The molecule has 0 radical (unpaired) electrons. The molecular formula is C24H23NO6. The Morgan fingerprint density at radius 1 is 1.19 bits per heavy atom. The first-order valence-electron chi connectivity index (χ1n) is 10.1. The molecule has 160 valence electrons. The summed E-state index contributed by atoms with van der Waals surface area (Å²) in [7, 11) is 0. The number of fused-ring (bicyclic) bond motifs is 3. The molecule has 1 aliphatic heterocycles. The zero-order valence-corrected chi connectivity index (χ0v) is 17.8.